The lowest BCUT2D eigenvalue weighted by molar-refractivity contribution is 0.0531. The number of aromatic nitrogens is 2. The van der Waals surface area contributed by atoms with E-state index >= 15 is 0 Å². The third-order valence-corrected chi connectivity index (χ3v) is 6.25. The summed E-state index contributed by atoms with van der Waals surface area (Å²) in [6.45, 7) is 6.36. The summed E-state index contributed by atoms with van der Waals surface area (Å²) in [7, 11) is 1.95. The van der Waals surface area contributed by atoms with E-state index in [-0.39, 0.29) is 18.2 Å². The van der Waals surface area contributed by atoms with Crippen molar-refractivity contribution in [3.05, 3.63) is 61.5 Å². The van der Waals surface area contributed by atoms with Gasteiger partial charge in [0, 0.05) is 11.6 Å². The molecule has 6 nitrogen and oxygen atoms in total. The summed E-state index contributed by atoms with van der Waals surface area (Å²) in [4.78, 5) is 35.3. The Labute approximate surface area is 172 Å². The lowest BCUT2D eigenvalue weighted by atomic mass is 10.1. The van der Waals surface area contributed by atoms with Gasteiger partial charge in [0.2, 0.25) is 0 Å². The maximum atomic E-state index is 12.7. The van der Waals surface area contributed by atoms with Crippen molar-refractivity contribution in [3.63, 3.8) is 0 Å². The maximum Gasteiger partial charge on any atom is 0.348 e. The molecule has 0 aliphatic rings. The number of carbonyl (C=O) groups excluding carboxylic acids is 1. The molecule has 0 bridgehead atoms. The standard InChI is InChI=1S/C20H22ClN3O3S/c1-5-27-20(26)16-11(2)15-18(25)22-17(23-19(15)28-16)12(3)24(4)10-13-8-6-7-9-14(13)21/h6-9,12H,5,10H2,1-4H3,(H,22,23,25)/t12-/m0/s1. The highest BCUT2D eigenvalue weighted by Gasteiger charge is 2.22. The molecule has 0 spiro atoms. The van der Waals surface area contributed by atoms with Gasteiger partial charge in [0.15, 0.2) is 0 Å². The number of nitrogens with one attached hydrogen (secondary N) is 1. The van der Waals surface area contributed by atoms with Gasteiger partial charge in [-0.2, -0.15) is 0 Å². The van der Waals surface area contributed by atoms with E-state index in [0.717, 1.165) is 5.56 Å². The molecule has 28 heavy (non-hydrogen) atoms. The van der Waals surface area contributed by atoms with Gasteiger partial charge in [-0.1, -0.05) is 29.8 Å². The van der Waals surface area contributed by atoms with Gasteiger partial charge >= 0.3 is 5.97 Å². The van der Waals surface area contributed by atoms with E-state index in [9.17, 15) is 9.59 Å². The molecule has 148 valence electrons. The number of aromatic amines is 1. The molecule has 0 radical (unpaired) electrons. The van der Waals surface area contributed by atoms with Gasteiger partial charge in [-0.05, 0) is 45.0 Å². The summed E-state index contributed by atoms with van der Waals surface area (Å²) >= 11 is 7.45. The molecular weight excluding hydrogens is 398 g/mol. The van der Waals surface area contributed by atoms with E-state index in [4.69, 9.17) is 16.3 Å². The molecule has 3 rings (SSSR count). The number of rotatable bonds is 6. The first-order valence-electron chi connectivity index (χ1n) is 8.97. The van der Waals surface area contributed by atoms with Crippen molar-refractivity contribution in [2.75, 3.05) is 13.7 Å². The Morgan fingerprint density at radius 3 is 2.79 bits per heavy atom. The van der Waals surface area contributed by atoms with Crippen LogP contribution >= 0.6 is 22.9 Å². The van der Waals surface area contributed by atoms with E-state index in [1.165, 1.54) is 11.3 Å². The highest BCUT2D eigenvalue weighted by Crippen LogP contribution is 2.29. The summed E-state index contributed by atoms with van der Waals surface area (Å²) in [5, 5.41) is 1.14. The summed E-state index contributed by atoms with van der Waals surface area (Å²) in [5.74, 6) is 0.122. The molecular formula is C20H22ClN3O3S. The third kappa shape index (κ3) is 3.97. The summed E-state index contributed by atoms with van der Waals surface area (Å²) in [6.07, 6.45) is 0. The minimum atomic E-state index is -0.423. The van der Waals surface area contributed by atoms with Crippen LogP contribution in [0.25, 0.3) is 10.2 Å². The average Bonchev–Trinajstić information content (AvgIpc) is 3.00. The van der Waals surface area contributed by atoms with Gasteiger partial charge < -0.3 is 9.72 Å². The van der Waals surface area contributed by atoms with E-state index in [1.807, 2.05) is 38.2 Å². The number of hydrogen-bond donors (Lipinski definition) is 1. The smallest absolute Gasteiger partial charge is 0.348 e. The Kier molecular flexibility index (Phi) is 6.17. The number of hydrogen-bond acceptors (Lipinski definition) is 6. The molecule has 0 saturated carbocycles. The Morgan fingerprint density at radius 1 is 1.39 bits per heavy atom. The molecule has 2 heterocycles. The normalized spacial score (nSPS) is 12.5. The number of esters is 1. The SMILES string of the molecule is CCOC(=O)c1sc2nc([C@H](C)N(C)Cc3ccccc3Cl)[nH]c(=O)c2c1C. The minimum Gasteiger partial charge on any atom is -0.462 e. The summed E-state index contributed by atoms with van der Waals surface area (Å²) in [6, 6.07) is 7.51. The lowest BCUT2D eigenvalue weighted by Crippen LogP contribution is -2.26. The minimum absolute atomic E-state index is 0.151. The second-order valence-electron chi connectivity index (χ2n) is 6.59. The molecule has 0 saturated heterocycles. The second-order valence-corrected chi connectivity index (χ2v) is 8.00. The second kappa shape index (κ2) is 8.43. The number of fused-ring (bicyclic) bond motifs is 1. The number of H-pyrrole nitrogens is 1. The van der Waals surface area contributed by atoms with Gasteiger partial charge in [-0.25, -0.2) is 9.78 Å². The zero-order valence-corrected chi connectivity index (χ0v) is 17.8. The van der Waals surface area contributed by atoms with Crippen molar-refractivity contribution >= 4 is 39.1 Å². The van der Waals surface area contributed by atoms with Crippen molar-refractivity contribution in [2.24, 2.45) is 0 Å². The van der Waals surface area contributed by atoms with Gasteiger partial charge in [0.05, 0.1) is 18.0 Å². The van der Waals surface area contributed by atoms with Crippen molar-refractivity contribution < 1.29 is 9.53 Å². The van der Waals surface area contributed by atoms with Gasteiger partial charge in [0.1, 0.15) is 15.5 Å². The van der Waals surface area contributed by atoms with Crippen LogP contribution in [0, 0.1) is 6.92 Å². The van der Waals surface area contributed by atoms with E-state index in [2.05, 4.69) is 14.9 Å². The van der Waals surface area contributed by atoms with Crippen LogP contribution in [-0.4, -0.2) is 34.5 Å². The predicted molar refractivity (Wildman–Crippen MR) is 112 cm³/mol. The van der Waals surface area contributed by atoms with Crippen LogP contribution in [0.3, 0.4) is 0 Å². The number of carbonyl (C=O) groups is 1. The highest BCUT2D eigenvalue weighted by atomic mass is 35.5. The molecule has 0 aliphatic heterocycles. The van der Waals surface area contributed by atoms with Crippen molar-refractivity contribution in [2.45, 2.75) is 33.4 Å². The van der Waals surface area contributed by atoms with Gasteiger partial charge in [0.25, 0.3) is 5.56 Å². The van der Waals surface area contributed by atoms with Crippen LogP contribution in [-0.2, 0) is 11.3 Å². The number of nitrogens with zero attached hydrogens (tertiary/aromatic N) is 2. The van der Waals surface area contributed by atoms with E-state index < -0.39 is 5.97 Å². The zero-order chi connectivity index (χ0) is 20.4. The molecule has 1 aromatic carbocycles. The number of thiophene rings is 1. The molecule has 8 heteroatoms. The fourth-order valence-electron chi connectivity index (χ4n) is 2.99. The quantitative estimate of drug-likeness (QED) is 0.602. The van der Waals surface area contributed by atoms with E-state index in [0.29, 0.717) is 38.0 Å². The van der Waals surface area contributed by atoms with Gasteiger partial charge in [-0.15, -0.1) is 11.3 Å². The molecule has 0 fully saturated rings. The van der Waals surface area contributed by atoms with Crippen molar-refractivity contribution in [1.29, 1.82) is 0 Å². The Bertz CT molecular complexity index is 1080. The average molecular weight is 420 g/mol. The molecule has 1 atom stereocenters. The first-order valence-corrected chi connectivity index (χ1v) is 10.2. The number of aryl methyl sites for hydroxylation is 1. The first kappa shape index (κ1) is 20.5. The summed E-state index contributed by atoms with van der Waals surface area (Å²) < 4.78 is 5.08. The fraction of sp³-hybridized carbons (Fsp3) is 0.350. The van der Waals surface area contributed by atoms with Crippen LogP contribution in [0.5, 0.6) is 0 Å². The van der Waals surface area contributed by atoms with Crippen LogP contribution in [0.4, 0.5) is 0 Å². The Hall–Kier alpha value is -2.22. The Balaban J connectivity index is 1.93. The number of benzene rings is 1. The number of halogens is 1. The topological polar surface area (TPSA) is 75.3 Å². The molecule has 0 amide bonds. The fourth-order valence-corrected chi connectivity index (χ4v) is 4.27. The molecule has 0 aliphatic carbocycles. The molecule has 1 N–H and O–H groups in total. The van der Waals surface area contributed by atoms with E-state index in [1.54, 1.807) is 13.8 Å². The largest absolute Gasteiger partial charge is 0.462 e. The summed E-state index contributed by atoms with van der Waals surface area (Å²) in [5.41, 5.74) is 1.36. The van der Waals surface area contributed by atoms with Crippen molar-refractivity contribution in [3.8, 4) is 0 Å². The van der Waals surface area contributed by atoms with Crippen LogP contribution in [0.15, 0.2) is 29.1 Å². The Morgan fingerprint density at radius 2 is 2.11 bits per heavy atom. The predicted octanol–water partition coefficient (Wildman–Crippen LogP) is 4.32. The molecule has 3 aromatic rings. The van der Waals surface area contributed by atoms with Gasteiger partial charge in [-0.3, -0.25) is 9.69 Å². The molecule has 2 aromatic heterocycles. The third-order valence-electron chi connectivity index (χ3n) is 4.71. The monoisotopic (exact) mass is 419 g/mol. The number of ether oxygens (including phenoxy) is 1. The van der Waals surface area contributed by atoms with Crippen molar-refractivity contribution in [1.82, 2.24) is 14.9 Å². The molecule has 0 unspecified atom stereocenters. The lowest BCUT2D eigenvalue weighted by Gasteiger charge is -2.24. The first-order chi connectivity index (χ1) is 13.3. The zero-order valence-electron chi connectivity index (χ0n) is 16.2. The maximum absolute atomic E-state index is 12.7. The highest BCUT2D eigenvalue weighted by molar-refractivity contribution is 7.20. The van der Waals surface area contributed by atoms with Crippen LogP contribution in [0.2, 0.25) is 5.02 Å². The van der Waals surface area contributed by atoms with Crippen LogP contribution in [0.1, 0.15) is 46.5 Å². The van der Waals surface area contributed by atoms with Crippen LogP contribution < -0.4 is 5.56 Å².